The summed E-state index contributed by atoms with van der Waals surface area (Å²) in [5.74, 6) is -0.137. The van der Waals surface area contributed by atoms with Gasteiger partial charge in [-0.15, -0.1) is 0 Å². The Labute approximate surface area is 121 Å². The van der Waals surface area contributed by atoms with E-state index in [0.717, 1.165) is 5.56 Å². The lowest BCUT2D eigenvalue weighted by Gasteiger charge is -2.21. The van der Waals surface area contributed by atoms with E-state index in [9.17, 15) is 18.0 Å². The highest BCUT2D eigenvalue weighted by molar-refractivity contribution is 6.03. The fourth-order valence-corrected chi connectivity index (χ4v) is 2.32. The van der Waals surface area contributed by atoms with E-state index in [0.29, 0.717) is 17.9 Å². The minimum absolute atomic E-state index is 0.118. The van der Waals surface area contributed by atoms with Gasteiger partial charge in [-0.2, -0.15) is 13.2 Å². The molecular weight excluding hydrogens is 283 g/mol. The molecule has 7 heteroatoms. The Kier molecular flexibility index (Phi) is 4.41. The molecule has 1 aliphatic heterocycles. The number of amides is 1. The molecule has 0 aromatic heterocycles. The van der Waals surface area contributed by atoms with Gasteiger partial charge in [0.2, 0.25) is 5.91 Å². The molecular formula is C14H18F3N3O. The van der Waals surface area contributed by atoms with Crippen LogP contribution in [-0.2, 0) is 4.79 Å². The third kappa shape index (κ3) is 3.66. The highest BCUT2D eigenvalue weighted by Crippen LogP contribution is 2.34. The third-order valence-corrected chi connectivity index (χ3v) is 3.45. The zero-order valence-electron chi connectivity index (χ0n) is 11.9. The summed E-state index contributed by atoms with van der Waals surface area (Å²) in [5.41, 5.74) is 2.13. The number of benzene rings is 1. The molecule has 0 radical (unpaired) electrons. The number of hydrogen-bond donors (Lipinski definition) is 2. The summed E-state index contributed by atoms with van der Waals surface area (Å²) in [6.07, 6.45) is -5.04. The Balaban J connectivity index is 2.12. The Morgan fingerprint density at radius 3 is 2.71 bits per heavy atom. The van der Waals surface area contributed by atoms with Crippen molar-refractivity contribution in [3.05, 3.63) is 23.8 Å². The van der Waals surface area contributed by atoms with Crippen LogP contribution >= 0.6 is 0 Å². The smallest absolute Gasteiger partial charge is 0.374 e. The molecule has 2 N–H and O–H groups in total. The average Bonchev–Trinajstić information content (AvgIpc) is 2.71. The molecule has 21 heavy (non-hydrogen) atoms. The first kappa shape index (κ1) is 15.6. The minimum atomic E-state index is -4.17. The van der Waals surface area contributed by atoms with Gasteiger partial charge in [0.1, 0.15) is 6.04 Å². The third-order valence-electron chi connectivity index (χ3n) is 3.45. The first-order valence-electron chi connectivity index (χ1n) is 6.78. The maximum Gasteiger partial charge on any atom is 0.390 e. The van der Waals surface area contributed by atoms with E-state index in [1.54, 1.807) is 25.2 Å². The average molecular weight is 301 g/mol. The van der Waals surface area contributed by atoms with Gasteiger partial charge in [-0.25, -0.2) is 0 Å². The number of likely N-dealkylation sites (N-methyl/N-ethyl adjacent to an activating group) is 1. The van der Waals surface area contributed by atoms with Crippen molar-refractivity contribution in [3.8, 4) is 0 Å². The summed E-state index contributed by atoms with van der Waals surface area (Å²) in [6, 6.07) is 4.83. The van der Waals surface area contributed by atoms with Gasteiger partial charge >= 0.3 is 6.18 Å². The number of nitrogens with zero attached hydrogens (tertiary/aromatic N) is 1. The Bertz CT molecular complexity index is 531. The van der Waals surface area contributed by atoms with Crippen molar-refractivity contribution >= 4 is 17.3 Å². The molecule has 0 saturated heterocycles. The van der Waals surface area contributed by atoms with Crippen molar-refractivity contribution in [1.29, 1.82) is 0 Å². The highest BCUT2D eigenvalue weighted by atomic mass is 19.4. The zero-order chi connectivity index (χ0) is 15.6. The molecule has 1 amide bonds. The summed E-state index contributed by atoms with van der Waals surface area (Å²) in [5, 5.41) is 5.82. The van der Waals surface area contributed by atoms with Crippen molar-refractivity contribution < 1.29 is 18.0 Å². The van der Waals surface area contributed by atoms with E-state index >= 15 is 0 Å². The van der Waals surface area contributed by atoms with Crippen LogP contribution in [0.1, 0.15) is 24.9 Å². The van der Waals surface area contributed by atoms with Crippen LogP contribution in [0, 0.1) is 0 Å². The lowest BCUT2D eigenvalue weighted by atomic mass is 10.1. The number of nitrogens with one attached hydrogen (secondary N) is 2. The first-order chi connectivity index (χ1) is 9.81. The van der Waals surface area contributed by atoms with E-state index in [1.165, 1.54) is 4.90 Å². The van der Waals surface area contributed by atoms with Crippen molar-refractivity contribution in [2.24, 2.45) is 0 Å². The number of halogens is 3. The van der Waals surface area contributed by atoms with Gasteiger partial charge in [0.15, 0.2) is 0 Å². The fraction of sp³-hybridized carbons (Fsp3) is 0.500. The van der Waals surface area contributed by atoms with Crippen LogP contribution in [0.2, 0.25) is 0 Å². The van der Waals surface area contributed by atoms with Gasteiger partial charge in [-0.05, 0) is 18.7 Å². The Hall–Kier alpha value is -1.76. The van der Waals surface area contributed by atoms with Crippen LogP contribution in [0.5, 0.6) is 0 Å². The van der Waals surface area contributed by atoms with Gasteiger partial charge < -0.3 is 15.5 Å². The molecule has 0 aliphatic carbocycles. The van der Waals surface area contributed by atoms with E-state index in [-0.39, 0.29) is 18.5 Å². The van der Waals surface area contributed by atoms with Crippen molar-refractivity contribution in [2.75, 3.05) is 30.4 Å². The second-order valence-electron chi connectivity index (χ2n) is 5.04. The number of rotatable bonds is 5. The topological polar surface area (TPSA) is 44.4 Å². The Morgan fingerprint density at radius 1 is 1.38 bits per heavy atom. The summed E-state index contributed by atoms with van der Waals surface area (Å²) < 4.78 is 36.7. The molecule has 1 heterocycles. The van der Waals surface area contributed by atoms with Crippen LogP contribution in [0.4, 0.5) is 24.5 Å². The number of anilines is 2. The molecule has 0 saturated carbocycles. The predicted octanol–water partition coefficient (Wildman–Crippen LogP) is 2.68. The molecule has 1 unspecified atom stereocenters. The standard InChI is InChI=1S/C14H18F3N3O/c1-3-18-12-10-5-4-9(8-11(10)19-13(12)21)20(2)7-6-14(15,16)17/h4-5,8,12,18H,3,6-7H2,1-2H3,(H,19,21). The van der Waals surface area contributed by atoms with Crippen molar-refractivity contribution in [3.63, 3.8) is 0 Å². The van der Waals surface area contributed by atoms with Gasteiger partial charge in [0, 0.05) is 30.5 Å². The van der Waals surface area contributed by atoms with Crippen LogP contribution in [0.25, 0.3) is 0 Å². The summed E-state index contributed by atoms with van der Waals surface area (Å²) in [6.45, 7) is 2.45. The maximum atomic E-state index is 12.2. The zero-order valence-corrected chi connectivity index (χ0v) is 11.9. The quantitative estimate of drug-likeness (QED) is 0.879. The molecule has 0 fully saturated rings. The van der Waals surface area contributed by atoms with Crippen LogP contribution in [0.3, 0.4) is 0 Å². The van der Waals surface area contributed by atoms with Gasteiger partial charge in [-0.3, -0.25) is 4.79 Å². The van der Waals surface area contributed by atoms with Crippen LogP contribution in [-0.4, -0.2) is 32.2 Å². The second kappa shape index (κ2) is 5.93. The van der Waals surface area contributed by atoms with Gasteiger partial charge in [0.25, 0.3) is 0 Å². The van der Waals surface area contributed by atoms with E-state index in [1.807, 2.05) is 6.92 Å². The number of carbonyl (C=O) groups is 1. The molecule has 0 spiro atoms. The molecule has 2 rings (SSSR count). The lowest BCUT2D eigenvalue weighted by molar-refractivity contribution is -0.132. The number of alkyl halides is 3. The summed E-state index contributed by atoms with van der Waals surface area (Å²) in [4.78, 5) is 13.4. The molecule has 0 bridgehead atoms. The van der Waals surface area contributed by atoms with Crippen LogP contribution in [0.15, 0.2) is 18.2 Å². The number of hydrogen-bond acceptors (Lipinski definition) is 3. The minimum Gasteiger partial charge on any atom is -0.374 e. The molecule has 1 aliphatic rings. The Morgan fingerprint density at radius 2 is 2.10 bits per heavy atom. The highest BCUT2D eigenvalue weighted by Gasteiger charge is 2.30. The maximum absolute atomic E-state index is 12.2. The summed E-state index contributed by atoms with van der Waals surface area (Å²) in [7, 11) is 1.60. The first-order valence-corrected chi connectivity index (χ1v) is 6.78. The van der Waals surface area contributed by atoms with E-state index in [4.69, 9.17) is 0 Å². The molecule has 1 atom stereocenters. The molecule has 4 nitrogen and oxygen atoms in total. The van der Waals surface area contributed by atoms with Crippen molar-refractivity contribution in [2.45, 2.75) is 25.6 Å². The normalized spacial score (nSPS) is 17.6. The van der Waals surface area contributed by atoms with Gasteiger partial charge in [0.05, 0.1) is 6.42 Å². The van der Waals surface area contributed by atoms with E-state index in [2.05, 4.69) is 10.6 Å². The van der Waals surface area contributed by atoms with Crippen LogP contribution < -0.4 is 15.5 Å². The SMILES string of the molecule is CCNC1C(=O)Nc2cc(N(C)CCC(F)(F)F)ccc21. The second-order valence-corrected chi connectivity index (χ2v) is 5.04. The molecule has 1 aromatic carbocycles. The largest absolute Gasteiger partial charge is 0.390 e. The van der Waals surface area contributed by atoms with Gasteiger partial charge in [-0.1, -0.05) is 13.0 Å². The predicted molar refractivity (Wildman–Crippen MR) is 75.4 cm³/mol. The lowest BCUT2D eigenvalue weighted by Crippen LogP contribution is -2.27. The molecule has 1 aromatic rings. The van der Waals surface area contributed by atoms with E-state index < -0.39 is 12.6 Å². The number of fused-ring (bicyclic) bond motifs is 1. The van der Waals surface area contributed by atoms with Crippen molar-refractivity contribution in [1.82, 2.24) is 5.32 Å². The monoisotopic (exact) mass is 301 g/mol. The molecule has 116 valence electrons. The number of carbonyl (C=O) groups excluding carboxylic acids is 1. The summed E-state index contributed by atoms with van der Waals surface area (Å²) >= 11 is 0. The fourth-order valence-electron chi connectivity index (χ4n) is 2.32.